The minimum atomic E-state index is 0.0975. The van der Waals surface area contributed by atoms with Gasteiger partial charge in [-0.2, -0.15) is 0 Å². The molecule has 4 nitrogen and oxygen atoms in total. The largest absolute Gasteiger partial charge is 0.293 e. The van der Waals surface area contributed by atoms with Crippen LogP contribution in [0.2, 0.25) is 0 Å². The van der Waals surface area contributed by atoms with Gasteiger partial charge >= 0.3 is 0 Å². The van der Waals surface area contributed by atoms with E-state index in [4.69, 9.17) is 0 Å². The lowest BCUT2D eigenvalue weighted by atomic mass is 10.1. The Morgan fingerprint density at radius 1 is 1.14 bits per heavy atom. The highest BCUT2D eigenvalue weighted by atomic mass is 32.2. The van der Waals surface area contributed by atoms with E-state index in [1.54, 1.807) is 11.8 Å². The molecule has 106 valence electrons. The van der Waals surface area contributed by atoms with E-state index >= 15 is 0 Å². The number of fused-ring (bicyclic) bond motifs is 1. The number of ketones is 1. The second kappa shape index (κ2) is 6.32. The predicted molar refractivity (Wildman–Crippen MR) is 86.3 cm³/mol. The van der Waals surface area contributed by atoms with Crippen molar-refractivity contribution in [3.05, 3.63) is 54.2 Å². The highest BCUT2D eigenvalue weighted by Crippen LogP contribution is 2.20. The number of Topliss-reactive ketones (excluding diaryl/α,β-unsaturated/α-hetero) is 1. The highest BCUT2D eigenvalue weighted by Gasteiger charge is 2.10. The Morgan fingerprint density at radius 3 is 2.71 bits per heavy atom. The molecule has 0 aliphatic rings. The van der Waals surface area contributed by atoms with Crippen LogP contribution in [0.3, 0.4) is 0 Å². The van der Waals surface area contributed by atoms with E-state index in [0.717, 1.165) is 21.3 Å². The molecule has 0 bridgehead atoms. The molecule has 2 aromatic heterocycles. The average Bonchev–Trinajstić information content (AvgIpc) is 2.96. The summed E-state index contributed by atoms with van der Waals surface area (Å²) < 4.78 is 1.88. The third kappa shape index (κ3) is 3.11. The number of pyridine rings is 1. The standard InChI is InChI=1S/C15H13N3OS2/c1-20-12-7-5-11(6-8-12)13(19)10-21-15-17-16-14-4-2-3-9-18(14)15/h2-9H,10H2,1H3. The summed E-state index contributed by atoms with van der Waals surface area (Å²) in [7, 11) is 0. The first-order valence-electron chi connectivity index (χ1n) is 6.38. The van der Waals surface area contributed by atoms with Crippen molar-refractivity contribution in [2.24, 2.45) is 0 Å². The number of rotatable bonds is 5. The molecular weight excluding hydrogens is 302 g/mol. The number of carbonyl (C=O) groups is 1. The first-order chi connectivity index (χ1) is 10.3. The van der Waals surface area contributed by atoms with Crippen LogP contribution in [0, 0.1) is 0 Å². The van der Waals surface area contributed by atoms with E-state index in [0.29, 0.717) is 5.75 Å². The maximum absolute atomic E-state index is 12.2. The van der Waals surface area contributed by atoms with Gasteiger partial charge in [0.15, 0.2) is 16.6 Å². The molecule has 0 spiro atoms. The first kappa shape index (κ1) is 14.2. The Labute approximate surface area is 131 Å². The van der Waals surface area contributed by atoms with Crippen LogP contribution in [-0.2, 0) is 0 Å². The summed E-state index contributed by atoms with van der Waals surface area (Å²) in [5.74, 6) is 0.453. The van der Waals surface area contributed by atoms with E-state index < -0.39 is 0 Å². The molecule has 3 aromatic rings. The molecule has 1 aromatic carbocycles. The minimum absolute atomic E-state index is 0.0975. The predicted octanol–water partition coefficient (Wildman–Crippen LogP) is 3.43. The zero-order valence-corrected chi connectivity index (χ0v) is 13.0. The van der Waals surface area contributed by atoms with Gasteiger partial charge in [0.1, 0.15) is 0 Å². The molecule has 6 heteroatoms. The lowest BCUT2D eigenvalue weighted by molar-refractivity contribution is 0.102. The lowest BCUT2D eigenvalue weighted by Gasteiger charge is -2.02. The molecule has 0 radical (unpaired) electrons. The fourth-order valence-corrected chi connectivity index (χ4v) is 3.14. The first-order valence-corrected chi connectivity index (χ1v) is 8.59. The van der Waals surface area contributed by atoms with Crippen molar-refractivity contribution < 1.29 is 4.79 Å². The van der Waals surface area contributed by atoms with Crippen molar-refractivity contribution >= 4 is 35.0 Å². The molecule has 21 heavy (non-hydrogen) atoms. The summed E-state index contributed by atoms with van der Waals surface area (Å²) in [6.07, 6.45) is 3.92. The molecule has 0 fully saturated rings. The van der Waals surface area contributed by atoms with Gasteiger partial charge in [0.2, 0.25) is 0 Å². The number of thioether (sulfide) groups is 2. The summed E-state index contributed by atoms with van der Waals surface area (Å²) in [6, 6.07) is 13.4. The van der Waals surface area contributed by atoms with Crippen molar-refractivity contribution in [2.75, 3.05) is 12.0 Å². The van der Waals surface area contributed by atoms with Crippen LogP contribution in [0.25, 0.3) is 5.65 Å². The van der Waals surface area contributed by atoms with Gasteiger partial charge in [-0.3, -0.25) is 9.20 Å². The summed E-state index contributed by atoms with van der Waals surface area (Å²) >= 11 is 3.07. The van der Waals surface area contributed by atoms with Gasteiger partial charge in [-0.25, -0.2) is 0 Å². The zero-order valence-electron chi connectivity index (χ0n) is 11.4. The Hall–Kier alpha value is -1.79. The van der Waals surface area contributed by atoms with Crippen LogP contribution in [0.1, 0.15) is 10.4 Å². The van der Waals surface area contributed by atoms with Gasteiger partial charge in [0.05, 0.1) is 5.75 Å². The molecule has 0 unspecified atom stereocenters. The molecule has 0 atom stereocenters. The van der Waals surface area contributed by atoms with E-state index in [1.807, 2.05) is 59.3 Å². The topological polar surface area (TPSA) is 47.3 Å². The quantitative estimate of drug-likeness (QED) is 0.533. The fourth-order valence-electron chi connectivity index (χ4n) is 1.91. The summed E-state index contributed by atoms with van der Waals surface area (Å²) in [5, 5.41) is 8.91. The van der Waals surface area contributed by atoms with Crippen LogP contribution < -0.4 is 0 Å². The van der Waals surface area contributed by atoms with E-state index in [2.05, 4.69) is 10.2 Å². The van der Waals surface area contributed by atoms with Crippen molar-refractivity contribution in [2.45, 2.75) is 10.1 Å². The third-order valence-corrected chi connectivity index (χ3v) is 4.71. The number of carbonyl (C=O) groups excluding carboxylic acids is 1. The Balaban J connectivity index is 1.70. The Kier molecular flexibility index (Phi) is 4.26. The van der Waals surface area contributed by atoms with Crippen LogP contribution in [0.5, 0.6) is 0 Å². The Morgan fingerprint density at radius 2 is 1.95 bits per heavy atom. The molecule has 0 saturated carbocycles. The van der Waals surface area contributed by atoms with Gasteiger partial charge in [-0.1, -0.05) is 30.0 Å². The number of hydrogen-bond acceptors (Lipinski definition) is 5. The number of aromatic nitrogens is 3. The van der Waals surface area contributed by atoms with Gasteiger partial charge in [-0.15, -0.1) is 22.0 Å². The Bertz CT molecular complexity index is 768. The minimum Gasteiger partial charge on any atom is -0.293 e. The zero-order chi connectivity index (χ0) is 14.7. The second-order valence-electron chi connectivity index (χ2n) is 4.35. The van der Waals surface area contributed by atoms with Crippen molar-refractivity contribution in [1.82, 2.24) is 14.6 Å². The monoisotopic (exact) mass is 315 g/mol. The van der Waals surface area contributed by atoms with Crippen molar-refractivity contribution in [1.29, 1.82) is 0 Å². The molecule has 0 N–H and O–H groups in total. The van der Waals surface area contributed by atoms with E-state index in [1.165, 1.54) is 11.8 Å². The van der Waals surface area contributed by atoms with Crippen LogP contribution >= 0.6 is 23.5 Å². The number of nitrogens with zero attached hydrogens (tertiary/aromatic N) is 3. The lowest BCUT2D eigenvalue weighted by Crippen LogP contribution is -2.02. The third-order valence-electron chi connectivity index (χ3n) is 3.03. The van der Waals surface area contributed by atoms with Crippen LogP contribution in [0.15, 0.2) is 58.7 Å². The summed E-state index contributed by atoms with van der Waals surface area (Å²) in [5.41, 5.74) is 1.52. The maximum atomic E-state index is 12.2. The average molecular weight is 315 g/mol. The van der Waals surface area contributed by atoms with Gasteiger partial charge in [0.25, 0.3) is 0 Å². The fraction of sp³-hybridized carbons (Fsp3) is 0.133. The van der Waals surface area contributed by atoms with Gasteiger partial charge in [0, 0.05) is 16.7 Å². The SMILES string of the molecule is CSc1ccc(C(=O)CSc2nnc3ccccn23)cc1. The molecule has 0 aliphatic heterocycles. The molecule has 0 saturated heterocycles. The summed E-state index contributed by atoms with van der Waals surface area (Å²) in [6.45, 7) is 0. The normalized spacial score (nSPS) is 10.9. The van der Waals surface area contributed by atoms with Crippen molar-refractivity contribution in [3.63, 3.8) is 0 Å². The van der Waals surface area contributed by atoms with Gasteiger partial charge < -0.3 is 0 Å². The smallest absolute Gasteiger partial charge is 0.196 e. The van der Waals surface area contributed by atoms with Crippen LogP contribution in [-0.4, -0.2) is 32.4 Å². The number of benzene rings is 1. The molecule has 0 aliphatic carbocycles. The maximum Gasteiger partial charge on any atom is 0.196 e. The van der Waals surface area contributed by atoms with Crippen LogP contribution in [0.4, 0.5) is 0 Å². The molecule has 0 amide bonds. The van der Waals surface area contributed by atoms with Crippen molar-refractivity contribution in [3.8, 4) is 0 Å². The van der Waals surface area contributed by atoms with E-state index in [-0.39, 0.29) is 5.78 Å². The summed E-state index contributed by atoms with van der Waals surface area (Å²) in [4.78, 5) is 13.3. The molecule has 3 rings (SSSR count). The second-order valence-corrected chi connectivity index (χ2v) is 6.17. The molecule has 2 heterocycles. The molecular formula is C15H13N3OS2. The van der Waals surface area contributed by atoms with Gasteiger partial charge in [-0.05, 0) is 30.5 Å². The number of hydrogen-bond donors (Lipinski definition) is 0. The highest BCUT2D eigenvalue weighted by molar-refractivity contribution is 7.99. The van der Waals surface area contributed by atoms with E-state index in [9.17, 15) is 4.79 Å².